The van der Waals surface area contributed by atoms with Crippen LogP contribution in [0.5, 0.6) is 5.75 Å². The van der Waals surface area contributed by atoms with Crippen LogP contribution in [0.3, 0.4) is 0 Å². The predicted molar refractivity (Wildman–Crippen MR) is 124 cm³/mol. The van der Waals surface area contributed by atoms with Gasteiger partial charge in [0, 0.05) is 36.3 Å². The number of hydrogen-bond acceptors (Lipinski definition) is 5. The number of nitrogens with zero attached hydrogens (tertiary/aromatic N) is 2. The zero-order chi connectivity index (χ0) is 23.5. The maximum atomic E-state index is 13.5. The van der Waals surface area contributed by atoms with Crippen molar-refractivity contribution in [1.29, 1.82) is 0 Å². The van der Waals surface area contributed by atoms with E-state index in [1.165, 1.54) is 19.2 Å². The van der Waals surface area contributed by atoms with Crippen molar-refractivity contribution in [2.24, 2.45) is 5.92 Å². The average molecular weight is 471 g/mol. The first-order valence-corrected chi connectivity index (χ1v) is 11.1. The lowest BCUT2D eigenvalue weighted by Crippen LogP contribution is -2.39. The number of halogens is 2. The van der Waals surface area contributed by atoms with Crippen LogP contribution in [-0.4, -0.2) is 48.1 Å². The van der Waals surface area contributed by atoms with E-state index in [0.717, 1.165) is 17.4 Å². The van der Waals surface area contributed by atoms with E-state index in [9.17, 15) is 14.0 Å². The molecule has 2 atom stereocenters. The summed E-state index contributed by atoms with van der Waals surface area (Å²) in [4.78, 5) is 30.5. The Bertz CT molecular complexity index is 1200. The van der Waals surface area contributed by atoms with Crippen molar-refractivity contribution >= 4 is 34.4 Å². The van der Waals surface area contributed by atoms with Gasteiger partial charge in [0.05, 0.1) is 24.1 Å². The summed E-state index contributed by atoms with van der Waals surface area (Å²) in [6.07, 6.45) is 2.05. The van der Waals surface area contributed by atoms with Gasteiger partial charge >= 0.3 is 5.97 Å². The minimum Gasteiger partial charge on any atom is -0.481 e. The number of benzene rings is 2. The molecule has 1 saturated heterocycles. The fourth-order valence-electron chi connectivity index (χ4n) is 4.17. The Balaban J connectivity index is 1.48. The van der Waals surface area contributed by atoms with Gasteiger partial charge < -0.3 is 14.4 Å². The monoisotopic (exact) mass is 470 g/mol. The van der Waals surface area contributed by atoms with Gasteiger partial charge in [-0.25, -0.2) is 4.39 Å². The second-order valence-corrected chi connectivity index (χ2v) is 8.55. The summed E-state index contributed by atoms with van der Waals surface area (Å²) in [5.41, 5.74) is 2.21. The first-order valence-electron chi connectivity index (χ1n) is 10.7. The minimum atomic E-state index is -0.686. The molecule has 0 N–H and O–H groups in total. The third-order valence-corrected chi connectivity index (χ3v) is 6.19. The van der Waals surface area contributed by atoms with Crippen LogP contribution < -0.4 is 4.74 Å². The number of aromatic nitrogens is 1. The Kier molecular flexibility index (Phi) is 6.79. The van der Waals surface area contributed by atoms with Crippen molar-refractivity contribution in [3.8, 4) is 16.9 Å². The van der Waals surface area contributed by atoms with Gasteiger partial charge in [0.1, 0.15) is 11.6 Å². The van der Waals surface area contributed by atoms with Crippen molar-refractivity contribution in [1.82, 2.24) is 9.88 Å². The van der Waals surface area contributed by atoms with Crippen LogP contribution in [0.15, 0.2) is 48.7 Å². The van der Waals surface area contributed by atoms with E-state index in [4.69, 9.17) is 21.1 Å². The number of carbonyl (C=O) groups is 2. The van der Waals surface area contributed by atoms with E-state index in [1.807, 2.05) is 12.1 Å². The zero-order valence-corrected chi connectivity index (χ0v) is 19.1. The summed E-state index contributed by atoms with van der Waals surface area (Å²) in [6.45, 7) is 2.82. The van der Waals surface area contributed by atoms with Crippen molar-refractivity contribution in [3.63, 3.8) is 0 Å². The Hall–Kier alpha value is -3.19. The number of methoxy groups -OCH3 is 1. The third-order valence-electron chi connectivity index (χ3n) is 5.88. The molecule has 33 heavy (non-hydrogen) atoms. The highest BCUT2D eigenvalue weighted by Crippen LogP contribution is 2.34. The molecule has 8 heteroatoms. The van der Waals surface area contributed by atoms with Crippen LogP contribution in [0.2, 0.25) is 5.02 Å². The number of hydrogen-bond donors (Lipinski definition) is 0. The maximum Gasteiger partial charge on any atom is 0.305 e. The molecule has 2 heterocycles. The number of fused-ring (bicyclic) bond motifs is 1. The van der Waals surface area contributed by atoms with Crippen molar-refractivity contribution in [2.75, 3.05) is 20.2 Å². The molecule has 0 radical (unpaired) electrons. The fraction of sp³-hybridized carbons (Fsp3) is 0.320. The smallest absolute Gasteiger partial charge is 0.305 e. The molecular formula is C25H24ClFN2O4. The number of pyridine rings is 1. The third kappa shape index (κ3) is 5.09. The van der Waals surface area contributed by atoms with Gasteiger partial charge in [0.2, 0.25) is 0 Å². The van der Waals surface area contributed by atoms with Gasteiger partial charge in [0.25, 0.3) is 5.91 Å². The van der Waals surface area contributed by atoms with Crippen LogP contribution in [0, 0.1) is 11.7 Å². The van der Waals surface area contributed by atoms with Crippen LogP contribution in [0.25, 0.3) is 22.0 Å². The van der Waals surface area contributed by atoms with Crippen LogP contribution in [0.4, 0.5) is 4.39 Å². The highest BCUT2D eigenvalue weighted by atomic mass is 35.5. The van der Waals surface area contributed by atoms with Crippen LogP contribution in [-0.2, 0) is 14.3 Å². The highest BCUT2D eigenvalue weighted by Gasteiger charge is 2.31. The molecule has 0 bridgehead atoms. The van der Waals surface area contributed by atoms with Gasteiger partial charge in [-0.15, -0.1) is 0 Å². The number of rotatable bonds is 6. The fourth-order valence-corrected chi connectivity index (χ4v) is 4.44. The maximum absolute atomic E-state index is 13.5. The molecule has 0 aliphatic carbocycles. The summed E-state index contributed by atoms with van der Waals surface area (Å²) in [5.74, 6) is -0.157. The molecule has 2 aromatic carbocycles. The first-order chi connectivity index (χ1) is 15.9. The lowest BCUT2D eigenvalue weighted by molar-refractivity contribution is -0.142. The quantitative estimate of drug-likeness (QED) is 0.480. The molecule has 0 spiro atoms. The van der Waals surface area contributed by atoms with E-state index >= 15 is 0 Å². The lowest BCUT2D eigenvalue weighted by Gasteiger charge is -2.22. The Labute approximate surface area is 196 Å². The standard InChI is InChI=1S/C25H24ClFN2O4/c1-15(25(31)29-10-8-16(14-29)11-24(30)32-2)33-18-4-6-21-19(7-9-28-23(21)13-18)20-5-3-17(27)12-22(20)26/h3-7,9,12-13,15-16H,8,10-11,14H2,1-2H3/t15?,16-/m0/s1. The first kappa shape index (κ1) is 23.0. The predicted octanol–water partition coefficient (Wildman–Crippen LogP) is 4.87. The molecule has 172 valence electrons. The highest BCUT2D eigenvalue weighted by molar-refractivity contribution is 6.33. The molecule has 1 amide bonds. The summed E-state index contributed by atoms with van der Waals surface area (Å²) in [5, 5.41) is 1.15. The molecule has 1 aliphatic heterocycles. The molecule has 4 rings (SSSR count). The normalized spacial score (nSPS) is 16.6. The molecule has 3 aromatic rings. The van der Waals surface area contributed by atoms with Crippen molar-refractivity contribution in [3.05, 3.63) is 59.5 Å². The summed E-state index contributed by atoms with van der Waals surface area (Å²) in [6, 6.07) is 11.5. The molecular weight excluding hydrogens is 447 g/mol. The largest absolute Gasteiger partial charge is 0.481 e. The zero-order valence-electron chi connectivity index (χ0n) is 18.4. The topological polar surface area (TPSA) is 68.7 Å². The molecule has 1 fully saturated rings. The Morgan fingerprint density at radius 1 is 1.21 bits per heavy atom. The van der Waals surface area contributed by atoms with Crippen molar-refractivity contribution < 1.29 is 23.5 Å². The second kappa shape index (κ2) is 9.75. The number of likely N-dealkylation sites (tertiary alicyclic amines) is 1. The Morgan fingerprint density at radius 3 is 2.79 bits per heavy atom. The Morgan fingerprint density at radius 2 is 2.03 bits per heavy atom. The van der Waals surface area contributed by atoms with E-state index < -0.39 is 11.9 Å². The molecule has 1 aromatic heterocycles. The summed E-state index contributed by atoms with van der Waals surface area (Å²) in [7, 11) is 1.37. The van der Waals surface area contributed by atoms with E-state index in [0.29, 0.717) is 41.4 Å². The van der Waals surface area contributed by atoms with Gasteiger partial charge in [-0.1, -0.05) is 11.6 Å². The minimum absolute atomic E-state index is 0.107. The van der Waals surface area contributed by atoms with Crippen molar-refractivity contribution in [2.45, 2.75) is 25.9 Å². The van der Waals surface area contributed by atoms with E-state index in [2.05, 4.69) is 4.98 Å². The summed E-state index contributed by atoms with van der Waals surface area (Å²) >= 11 is 6.25. The second-order valence-electron chi connectivity index (χ2n) is 8.14. The van der Waals surface area contributed by atoms with Gasteiger partial charge in [-0.05, 0) is 61.2 Å². The number of carbonyl (C=O) groups excluding carboxylic acids is 2. The van der Waals surface area contributed by atoms with Gasteiger partial charge in [0.15, 0.2) is 6.10 Å². The lowest BCUT2D eigenvalue weighted by atomic mass is 10.0. The van der Waals surface area contributed by atoms with E-state index in [-0.39, 0.29) is 17.8 Å². The van der Waals surface area contributed by atoms with Gasteiger partial charge in [-0.2, -0.15) is 0 Å². The summed E-state index contributed by atoms with van der Waals surface area (Å²) < 4.78 is 24.1. The van der Waals surface area contributed by atoms with Gasteiger partial charge in [-0.3, -0.25) is 14.6 Å². The molecule has 6 nitrogen and oxygen atoms in total. The number of amides is 1. The number of ether oxygens (including phenoxy) is 2. The number of esters is 1. The molecule has 1 unspecified atom stereocenters. The molecule has 0 saturated carbocycles. The van der Waals surface area contributed by atoms with E-state index in [1.54, 1.807) is 36.2 Å². The van der Waals surface area contributed by atoms with Crippen LogP contribution in [0.1, 0.15) is 19.8 Å². The average Bonchev–Trinajstić information content (AvgIpc) is 3.26. The van der Waals surface area contributed by atoms with Crippen LogP contribution >= 0.6 is 11.6 Å². The molecule has 1 aliphatic rings. The SMILES string of the molecule is COC(=O)C[C@@H]1CCN(C(=O)C(C)Oc2ccc3c(-c4ccc(F)cc4Cl)ccnc3c2)C1.